The first kappa shape index (κ1) is 28.8. The molecule has 2 aromatic rings. The molecule has 7 heteroatoms. The standard InChI is InChI=1S/C29H39NO3S2Si/c1-29(2,3)36(4,5)33-26(17-16-22-12-8-6-9-13-22)19-25(31)20-27(32)30-24(21-35-28(30)34)18-23-14-10-7-11-15-23/h6-17,24-26,31H,18-21H2,1-5H3/b17-16+/t24-,25-,26-/m0/s1. The van der Waals surface area contributed by atoms with Crippen molar-refractivity contribution in [2.45, 2.75) is 76.4 Å². The number of thiocarbonyl (C=S) groups is 1. The van der Waals surface area contributed by atoms with Gasteiger partial charge in [-0.15, -0.1) is 0 Å². The van der Waals surface area contributed by atoms with Crippen molar-refractivity contribution >= 4 is 48.6 Å². The Morgan fingerprint density at radius 3 is 2.39 bits per heavy atom. The van der Waals surface area contributed by atoms with Gasteiger partial charge in [-0.1, -0.05) is 118 Å². The molecule has 0 radical (unpaired) electrons. The summed E-state index contributed by atoms with van der Waals surface area (Å²) in [7, 11) is -2.09. The van der Waals surface area contributed by atoms with Crippen molar-refractivity contribution in [1.82, 2.24) is 4.90 Å². The Kier molecular flexibility index (Phi) is 10.1. The predicted molar refractivity (Wildman–Crippen MR) is 159 cm³/mol. The Bertz CT molecular complexity index is 1040. The van der Waals surface area contributed by atoms with Gasteiger partial charge in [0, 0.05) is 12.2 Å². The zero-order valence-electron chi connectivity index (χ0n) is 22.0. The molecule has 0 aromatic heterocycles. The van der Waals surface area contributed by atoms with Crippen LogP contribution in [0.4, 0.5) is 0 Å². The summed E-state index contributed by atoms with van der Waals surface area (Å²) in [5, 5.41) is 11.1. The van der Waals surface area contributed by atoms with Crippen LogP contribution in [0.3, 0.4) is 0 Å². The SMILES string of the molecule is CC(C)(C)[Si](C)(C)O[C@@H](/C=C/c1ccccc1)C[C@H](O)CC(=O)N1C(=S)SC[C@@H]1Cc1ccccc1. The molecule has 2 aromatic carbocycles. The summed E-state index contributed by atoms with van der Waals surface area (Å²) in [6, 6.07) is 20.2. The lowest BCUT2D eigenvalue weighted by Crippen LogP contribution is -2.45. The van der Waals surface area contributed by atoms with Crippen molar-refractivity contribution in [2.24, 2.45) is 0 Å². The van der Waals surface area contributed by atoms with E-state index < -0.39 is 14.4 Å². The Hall–Kier alpha value is -1.77. The van der Waals surface area contributed by atoms with Gasteiger partial charge in [0.2, 0.25) is 5.91 Å². The van der Waals surface area contributed by atoms with E-state index >= 15 is 0 Å². The van der Waals surface area contributed by atoms with E-state index in [4.69, 9.17) is 16.6 Å². The molecule has 1 fully saturated rings. The lowest BCUT2D eigenvalue weighted by molar-refractivity contribution is -0.130. The molecule has 1 saturated heterocycles. The summed E-state index contributed by atoms with van der Waals surface area (Å²) >= 11 is 7.06. The highest BCUT2D eigenvalue weighted by molar-refractivity contribution is 8.23. The van der Waals surface area contributed by atoms with Gasteiger partial charge in [-0.25, -0.2) is 0 Å². The van der Waals surface area contributed by atoms with Crippen LogP contribution in [0.1, 0.15) is 44.7 Å². The number of rotatable bonds is 10. The monoisotopic (exact) mass is 541 g/mol. The minimum absolute atomic E-state index is 0.0156. The number of carbonyl (C=O) groups is 1. The van der Waals surface area contributed by atoms with E-state index in [1.165, 1.54) is 5.56 Å². The molecule has 36 heavy (non-hydrogen) atoms. The smallest absolute Gasteiger partial charge is 0.230 e. The molecule has 1 heterocycles. The molecule has 0 spiro atoms. The number of thioether (sulfide) groups is 1. The van der Waals surface area contributed by atoms with Crippen LogP contribution in [0.25, 0.3) is 6.08 Å². The molecule has 1 aliphatic heterocycles. The molecule has 0 bridgehead atoms. The zero-order chi connectivity index (χ0) is 26.3. The highest BCUT2D eigenvalue weighted by atomic mass is 32.2. The van der Waals surface area contributed by atoms with E-state index in [1.807, 2.05) is 60.7 Å². The number of carbonyl (C=O) groups excluding carboxylic acids is 1. The van der Waals surface area contributed by atoms with Crippen LogP contribution in [0.5, 0.6) is 0 Å². The minimum atomic E-state index is -2.09. The third-order valence-electron chi connectivity index (χ3n) is 7.01. The quantitative estimate of drug-likeness (QED) is 0.268. The van der Waals surface area contributed by atoms with Gasteiger partial charge >= 0.3 is 0 Å². The maximum absolute atomic E-state index is 13.3. The van der Waals surface area contributed by atoms with Gasteiger partial charge in [0.25, 0.3) is 0 Å². The van der Waals surface area contributed by atoms with Crippen LogP contribution in [0.2, 0.25) is 18.1 Å². The average Bonchev–Trinajstić information content (AvgIpc) is 3.17. The number of aliphatic hydroxyl groups is 1. The third-order valence-corrected chi connectivity index (χ3v) is 13.1. The summed E-state index contributed by atoms with van der Waals surface area (Å²) in [6.45, 7) is 11.0. The minimum Gasteiger partial charge on any atom is -0.410 e. The molecule has 4 nitrogen and oxygen atoms in total. The van der Waals surface area contributed by atoms with Crippen LogP contribution in [0.15, 0.2) is 66.7 Å². The summed E-state index contributed by atoms with van der Waals surface area (Å²) in [4.78, 5) is 15.0. The Balaban J connectivity index is 1.69. The highest BCUT2D eigenvalue weighted by Crippen LogP contribution is 2.38. The molecule has 194 valence electrons. The number of aliphatic hydroxyl groups excluding tert-OH is 1. The van der Waals surface area contributed by atoms with Crippen LogP contribution in [0, 0.1) is 0 Å². The fourth-order valence-corrected chi connectivity index (χ4v) is 6.69. The van der Waals surface area contributed by atoms with E-state index in [1.54, 1.807) is 16.7 Å². The Morgan fingerprint density at radius 1 is 1.17 bits per heavy atom. The highest BCUT2D eigenvalue weighted by Gasteiger charge is 2.39. The molecule has 1 aliphatic rings. The van der Waals surface area contributed by atoms with Crippen molar-refractivity contribution in [3.05, 3.63) is 77.9 Å². The molecular weight excluding hydrogens is 503 g/mol. The number of hydrogen-bond acceptors (Lipinski definition) is 5. The Labute approximate surface area is 227 Å². The van der Waals surface area contributed by atoms with Gasteiger partial charge in [-0.05, 0) is 35.7 Å². The number of benzene rings is 2. The topological polar surface area (TPSA) is 49.8 Å². The molecule has 3 rings (SSSR count). The number of hydrogen-bond donors (Lipinski definition) is 1. The third kappa shape index (κ3) is 8.12. The van der Waals surface area contributed by atoms with Crippen molar-refractivity contribution in [1.29, 1.82) is 0 Å². The summed E-state index contributed by atoms with van der Waals surface area (Å²) in [5.41, 5.74) is 2.26. The van der Waals surface area contributed by atoms with Crippen molar-refractivity contribution < 1.29 is 14.3 Å². The molecule has 0 unspecified atom stereocenters. The van der Waals surface area contributed by atoms with Crippen LogP contribution >= 0.6 is 24.0 Å². The fourth-order valence-electron chi connectivity index (χ4n) is 3.96. The van der Waals surface area contributed by atoms with E-state index in [9.17, 15) is 9.90 Å². The lowest BCUT2D eigenvalue weighted by Gasteiger charge is -2.39. The molecule has 0 saturated carbocycles. The fraction of sp³-hybridized carbons (Fsp3) is 0.448. The predicted octanol–water partition coefficient (Wildman–Crippen LogP) is 6.70. The summed E-state index contributed by atoms with van der Waals surface area (Å²) < 4.78 is 7.26. The Morgan fingerprint density at radius 2 is 1.78 bits per heavy atom. The second-order valence-electron chi connectivity index (χ2n) is 11.0. The van der Waals surface area contributed by atoms with E-state index in [-0.39, 0.29) is 29.5 Å². The van der Waals surface area contributed by atoms with E-state index in [0.717, 1.165) is 17.7 Å². The maximum atomic E-state index is 13.3. The first-order valence-electron chi connectivity index (χ1n) is 12.6. The average molecular weight is 542 g/mol. The van der Waals surface area contributed by atoms with Crippen LogP contribution < -0.4 is 0 Å². The van der Waals surface area contributed by atoms with Crippen molar-refractivity contribution in [2.75, 3.05) is 5.75 Å². The largest absolute Gasteiger partial charge is 0.410 e. The van der Waals surface area contributed by atoms with Gasteiger partial charge in [-0.2, -0.15) is 0 Å². The second-order valence-corrected chi connectivity index (χ2v) is 17.4. The van der Waals surface area contributed by atoms with Crippen molar-refractivity contribution in [3.8, 4) is 0 Å². The number of amides is 1. The van der Waals surface area contributed by atoms with Gasteiger partial charge in [-0.3, -0.25) is 9.69 Å². The molecule has 0 aliphatic carbocycles. The van der Waals surface area contributed by atoms with E-state index in [2.05, 4.69) is 46.0 Å². The van der Waals surface area contributed by atoms with E-state index in [0.29, 0.717) is 10.7 Å². The zero-order valence-corrected chi connectivity index (χ0v) is 24.6. The lowest BCUT2D eigenvalue weighted by atomic mass is 10.0. The number of nitrogens with zero attached hydrogens (tertiary/aromatic N) is 1. The van der Waals surface area contributed by atoms with Crippen LogP contribution in [-0.4, -0.2) is 52.6 Å². The maximum Gasteiger partial charge on any atom is 0.230 e. The second kappa shape index (κ2) is 12.7. The molecular formula is C29H39NO3S2Si. The van der Waals surface area contributed by atoms with Crippen LogP contribution in [-0.2, 0) is 15.6 Å². The van der Waals surface area contributed by atoms with Gasteiger partial charge in [0.1, 0.15) is 4.32 Å². The first-order chi connectivity index (χ1) is 17.0. The summed E-state index contributed by atoms with van der Waals surface area (Å²) in [6.07, 6.45) is 4.10. The molecule has 1 N–H and O–H groups in total. The summed E-state index contributed by atoms with van der Waals surface area (Å²) in [5.74, 6) is 0.670. The van der Waals surface area contributed by atoms with Gasteiger partial charge in [0.05, 0.1) is 24.7 Å². The normalized spacial score (nSPS) is 18.6. The molecule has 3 atom stereocenters. The van der Waals surface area contributed by atoms with Gasteiger partial charge < -0.3 is 9.53 Å². The van der Waals surface area contributed by atoms with Gasteiger partial charge in [0.15, 0.2) is 8.32 Å². The van der Waals surface area contributed by atoms with Crippen molar-refractivity contribution in [3.63, 3.8) is 0 Å². The first-order valence-corrected chi connectivity index (χ1v) is 16.9. The molecule has 1 amide bonds.